The van der Waals surface area contributed by atoms with Gasteiger partial charge < -0.3 is 9.64 Å². The van der Waals surface area contributed by atoms with Crippen molar-refractivity contribution in [1.82, 2.24) is 19.5 Å². The van der Waals surface area contributed by atoms with Crippen LogP contribution in [0.4, 0.5) is 0 Å². The van der Waals surface area contributed by atoms with Crippen molar-refractivity contribution in [3.8, 4) is 0 Å². The minimum Gasteiger partial charge on any atom is -0.381 e. The standard InChI is InChI=1S/C25H38N4O2/c1-17(2)22-14-19(13-18-9-7-6-8-10-18)26-23-15-21(27-29(22)23)24(30)28-12-11-20(31-5)16-25(28,3)4/h14-15,17-18,20H,6-13,16H2,1-5H3. The maximum absolute atomic E-state index is 13.4. The van der Waals surface area contributed by atoms with E-state index in [-0.39, 0.29) is 17.6 Å². The molecule has 1 atom stereocenters. The maximum Gasteiger partial charge on any atom is 0.274 e. The highest BCUT2D eigenvalue weighted by Gasteiger charge is 2.39. The summed E-state index contributed by atoms with van der Waals surface area (Å²) in [6.45, 7) is 9.29. The van der Waals surface area contributed by atoms with Crippen LogP contribution in [0.15, 0.2) is 12.1 Å². The number of hydrogen-bond donors (Lipinski definition) is 0. The topological polar surface area (TPSA) is 59.7 Å². The minimum atomic E-state index is -0.258. The van der Waals surface area contributed by atoms with Gasteiger partial charge in [0, 0.05) is 36.6 Å². The molecular weight excluding hydrogens is 388 g/mol. The lowest BCUT2D eigenvalue weighted by Gasteiger charge is -2.44. The molecule has 2 aromatic rings. The first-order chi connectivity index (χ1) is 14.8. The van der Waals surface area contributed by atoms with Crippen LogP contribution in [0.2, 0.25) is 0 Å². The minimum absolute atomic E-state index is 0.00594. The van der Waals surface area contributed by atoms with E-state index in [0.29, 0.717) is 18.2 Å². The van der Waals surface area contributed by atoms with Gasteiger partial charge in [-0.05, 0) is 51.0 Å². The third kappa shape index (κ3) is 4.64. The maximum atomic E-state index is 13.4. The Morgan fingerprint density at radius 1 is 1.19 bits per heavy atom. The number of carbonyl (C=O) groups is 1. The Labute approximate surface area is 186 Å². The van der Waals surface area contributed by atoms with E-state index in [1.54, 1.807) is 7.11 Å². The average molecular weight is 427 g/mol. The molecule has 0 radical (unpaired) electrons. The number of hydrogen-bond acceptors (Lipinski definition) is 4. The van der Waals surface area contributed by atoms with Crippen LogP contribution in [-0.2, 0) is 11.2 Å². The van der Waals surface area contributed by atoms with Gasteiger partial charge in [0.2, 0.25) is 0 Å². The van der Waals surface area contributed by atoms with Gasteiger partial charge in [0.15, 0.2) is 11.3 Å². The average Bonchev–Trinajstić information content (AvgIpc) is 3.16. The third-order valence-corrected chi connectivity index (χ3v) is 7.25. The largest absolute Gasteiger partial charge is 0.381 e. The second-order valence-electron chi connectivity index (χ2n) is 10.5. The predicted octanol–water partition coefficient (Wildman–Crippen LogP) is 5.01. The third-order valence-electron chi connectivity index (χ3n) is 7.25. The number of fused-ring (bicyclic) bond motifs is 1. The Morgan fingerprint density at radius 2 is 1.94 bits per heavy atom. The zero-order valence-corrected chi connectivity index (χ0v) is 19.9. The molecule has 0 bridgehead atoms. The summed E-state index contributed by atoms with van der Waals surface area (Å²) in [5, 5.41) is 4.73. The van der Waals surface area contributed by atoms with Crippen molar-refractivity contribution in [1.29, 1.82) is 0 Å². The lowest BCUT2D eigenvalue weighted by atomic mass is 9.86. The van der Waals surface area contributed by atoms with E-state index in [0.717, 1.165) is 42.2 Å². The zero-order valence-electron chi connectivity index (χ0n) is 19.9. The number of rotatable bonds is 5. The van der Waals surface area contributed by atoms with Gasteiger partial charge in [-0.25, -0.2) is 9.50 Å². The van der Waals surface area contributed by atoms with Crippen LogP contribution in [0.1, 0.15) is 100 Å². The van der Waals surface area contributed by atoms with Crippen LogP contribution >= 0.6 is 0 Å². The number of carbonyl (C=O) groups excluding carboxylic acids is 1. The second kappa shape index (κ2) is 8.89. The Hall–Kier alpha value is -1.95. The van der Waals surface area contributed by atoms with E-state index in [1.807, 2.05) is 15.5 Å². The molecule has 2 aromatic heterocycles. The van der Waals surface area contributed by atoms with Gasteiger partial charge in [0.1, 0.15) is 0 Å². The highest BCUT2D eigenvalue weighted by atomic mass is 16.5. The highest BCUT2D eigenvalue weighted by molar-refractivity contribution is 5.94. The number of aromatic nitrogens is 3. The number of piperidine rings is 1. The van der Waals surface area contributed by atoms with E-state index >= 15 is 0 Å². The van der Waals surface area contributed by atoms with Crippen molar-refractivity contribution < 1.29 is 9.53 Å². The summed E-state index contributed by atoms with van der Waals surface area (Å²) in [7, 11) is 1.75. The van der Waals surface area contributed by atoms with Gasteiger partial charge in [-0.1, -0.05) is 46.0 Å². The number of methoxy groups -OCH3 is 1. The fourth-order valence-corrected chi connectivity index (χ4v) is 5.42. The summed E-state index contributed by atoms with van der Waals surface area (Å²) in [5.74, 6) is 1.04. The molecule has 2 fully saturated rings. The van der Waals surface area contributed by atoms with Gasteiger partial charge in [-0.15, -0.1) is 0 Å². The van der Waals surface area contributed by atoms with Gasteiger partial charge in [0.05, 0.1) is 6.10 Å². The number of amides is 1. The lowest BCUT2D eigenvalue weighted by Crippen LogP contribution is -2.54. The summed E-state index contributed by atoms with van der Waals surface area (Å²) in [4.78, 5) is 20.3. The van der Waals surface area contributed by atoms with Gasteiger partial charge in [-0.2, -0.15) is 5.10 Å². The first kappa shape index (κ1) is 22.3. The molecule has 31 heavy (non-hydrogen) atoms. The molecule has 4 rings (SSSR count). The molecule has 6 heteroatoms. The quantitative estimate of drug-likeness (QED) is 0.675. The second-order valence-corrected chi connectivity index (χ2v) is 10.5. The van der Waals surface area contributed by atoms with E-state index < -0.39 is 0 Å². The normalized spacial score (nSPS) is 22.4. The SMILES string of the molecule is COC1CCN(C(=O)c2cc3nc(CC4CCCCC4)cc(C(C)C)n3n2)C(C)(C)C1. The van der Waals surface area contributed by atoms with E-state index in [1.165, 1.54) is 32.1 Å². The van der Waals surface area contributed by atoms with Crippen LogP contribution in [0.3, 0.4) is 0 Å². The van der Waals surface area contributed by atoms with Crippen molar-refractivity contribution in [3.05, 3.63) is 29.2 Å². The molecule has 1 unspecified atom stereocenters. The van der Waals surface area contributed by atoms with Crippen molar-refractivity contribution in [2.45, 2.75) is 96.6 Å². The van der Waals surface area contributed by atoms with E-state index in [9.17, 15) is 4.79 Å². The number of likely N-dealkylation sites (tertiary alicyclic amines) is 1. The lowest BCUT2D eigenvalue weighted by molar-refractivity contribution is -0.0155. The van der Waals surface area contributed by atoms with Crippen molar-refractivity contribution in [2.24, 2.45) is 5.92 Å². The van der Waals surface area contributed by atoms with Crippen molar-refractivity contribution in [3.63, 3.8) is 0 Å². The number of nitrogens with zero attached hydrogens (tertiary/aromatic N) is 4. The molecule has 3 heterocycles. The summed E-state index contributed by atoms with van der Waals surface area (Å²) in [5.41, 5.74) is 3.31. The highest BCUT2D eigenvalue weighted by Crippen LogP contribution is 2.31. The zero-order chi connectivity index (χ0) is 22.2. The molecule has 1 amide bonds. The predicted molar refractivity (Wildman–Crippen MR) is 123 cm³/mol. The Balaban J connectivity index is 1.63. The smallest absolute Gasteiger partial charge is 0.274 e. The Morgan fingerprint density at radius 3 is 2.58 bits per heavy atom. The summed E-state index contributed by atoms with van der Waals surface area (Å²) in [6, 6.07) is 4.10. The Kier molecular flexibility index (Phi) is 6.38. The molecular formula is C25H38N4O2. The molecule has 0 spiro atoms. The van der Waals surface area contributed by atoms with E-state index in [2.05, 4.69) is 33.8 Å². The van der Waals surface area contributed by atoms with Crippen molar-refractivity contribution >= 4 is 11.6 Å². The first-order valence-electron chi connectivity index (χ1n) is 12.0. The molecule has 6 nitrogen and oxygen atoms in total. The molecule has 2 aliphatic rings. The van der Waals surface area contributed by atoms with Crippen LogP contribution < -0.4 is 0 Å². The molecule has 1 saturated carbocycles. The Bertz CT molecular complexity index is 927. The summed E-state index contributed by atoms with van der Waals surface area (Å²) < 4.78 is 7.44. The molecule has 0 N–H and O–H groups in total. The van der Waals surface area contributed by atoms with E-state index in [4.69, 9.17) is 14.8 Å². The first-order valence-corrected chi connectivity index (χ1v) is 12.0. The number of ether oxygens (including phenoxy) is 1. The van der Waals surface area contributed by atoms with Crippen LogP contribution in [0, 0.1) is 5.92 Å². The summed E-state index contributed by atoms with van der Waals surface area (Å²) in [6.07, 6.45) is 9.59. The monoisotopic (exact) mass is 426 g/mol. The molecule has 1 aliphatic carbocycles. The van der Waals surface area contributed by atoms with Crippen LogP contribution in [0.25, 0.3) is 5.65 Å². The van der Waals surface area contributed by atoms with Gasteiger partial charge in [0.25, 0.3) is 5.91 Å². The molecule has 170 valence electrons. The van der Waals surface area contributed by atoms with Crippen LogP contribution in [-0.4, -0.2) is 50.7 Å². The summed E-state index contributed by atoms with van der Waals surface area (Å²) >= 11 is 0. The molecule has 1 aliphatic heterocycles. The van der Waals surface area contributed by atoms with Gasteiger partial charge in [-0.3, -0.25) is 4.79 Å². The fourth-order valence-electron chi connectivity index (χ4n) is 5.42. The van der Waals surface area contributed by atoms with Crippen molar-refractivity contribution in [2.75, 3.05) is 13.7 Å². The van der Waals surface area contributed by atoms with Crippen LogP contribution in [0.5, 0.6) is 0 Å². The van der Waals surface area contributed by atoms with Gasteiger partial charge >= 0.3 is 0 Å². The fraction of sp³-hybridized carbons (Fsp3) is 0.720. The molecule has 1 saturated heterocycles. The molecule has 0 aromatic carbocycles.